The van der Waals surface area contributed by atoms with Gasteiger partial charge >= 0.3 is 0 Å². The number of anilines is 2. The van der Waals surface area contributed by atoms with Crippen molar-refractivity contribution in [2.24, 2.45) is 0 Å². The van der Waals surface area contributed by atoms with Crippen LogP contribution in [0.5, 0.6) is 0 Å². The molecule has 0 aliphatic heterocycles. The minimum Gasteiger partial charge on any atom is -0.331 e. The molecule has 0 aliphatic rings. The summed E-state index contributed by atoms with van der Waals surface area (Å²) in [6.45, 7) is 0. The molecule has 9 heteroatoms. The molecule has 2 aromatic carbocycles. The van der Waals surface area contributed by atoms with E-state index >= 15 is 0 Å². The van der Waals surface area contributed by atoms with E-state index in [0.717, 1.165) is 27.2 Å². The van der Waals surface area contributed by atoms with Gasteiger partial charge in [0.1, 0.15) is 0 Å². The van der Waals surface area contributed by atoms with E-state index in [1.165, 1.54) is 0 Å². The van der Waals surface area contributed by atoms with Crippen LogP contribution in [0.2, 0.25) is 0 Å². The molecule has 4 rings (SSSR count). The van der Waals surface area contributed by atoms with Crippen molar-refractivity contribution in [3.8, 4) is 0 Å². The van der Waals surface area contributed by atoms with Crippen molar-refractivity contribution in [2.45, 2.75) is 0 Å². The molecule has 0 saturated heterocycles. The predicted octanol–water partition coefficient (Wildman–Crippen LogP) is 3.99. The molecule has 0 spiro atoms. The van der Waals surface area contributed by atoms with Gasteiger partial charge in [0.25, 0.3) is 0 Å². The van der Waals surface area contributed by atoms with Gasteiger partial charge in [0.2, 0.25) is 0 Å². The molecular formula is C14H12N6OS2. The minimum atomic E-state index is 0.544. The van der Waals surface area contributed by atoms with Crippen LogP contribution in [0.15, 0.2) is 36.4 Å². The van der Waals surface area contributed by atoms with Crippen LogP contribution in [0.4, 0.5) is 11.4 Å². The molecular weight excluding hydrogens is 332 g/mol. The Morgan fingerprint density at radius 3 is 2.04 bits per heavy atom. The summed E-state index contributed by atoms with van der Waals surface area (Å²) in [5.74, 6) is 0. The number of imidazole rings is 2. The van der Waals surface area contributed by atoms with Gasteiger partial charge in [-0.2, -0.15) is 5.17 Å². The van der Waals surface area contributed by atoms with Gasteiger partial charge in [-0.1, -0.05) is 0 Å². The van der Waals surface area contributed by atoms with Crippen molar-refractivity contribution in [2.75, 3.05) is 10.6 Å². The second-order valence-electron chi connectivity index (χ2n) is 5.07. The summed E-state index contributed by atoms with van der Waals surface area (Å²) in [5, 5.41) is 11.2. The van der Waals surface area contributed by atoms with E-state index in [9.17, 15) is 5.21 Å². The third-order valence-electron chi connectivity index (χ3n) is 3.50. The Bertz CT molecular complexity index is 1120. The first kappa shape index (κ1) is 14.0. The molecule has 6 N–H and O–H groups in total. The number of H-pyrrole nitrogens is 4. The van der Waals surface area contributed by atoms with Gasteiger partial charge in [-0.25, -0.2) is 0 Å². The highest BCUT2D eigenvalue weighted by Gasteiger charge is 2.07. The lowest BCUT2D eigenvalue weighted by Crippen LogP contribution is -2.25. The lowest BCUT2D eigenvalue weighted by atomic mass is 10.2. The Morgan fingerprint density at radius 2 is 1.35 bits per heavy atom. The maximum atomic E-state index is 10.3. The summed E-state index contributed by atoms with van der Waals surface area (Å²) in [5.41, 5.74) is 7.66. The van der Waals surface area contributed by atoms with E-state index in [1.54, 1.807) is 12.1 Å². The molecule has 0 atom stereocenters. The van der Waals surface area contributed by atoms with E-state index in [2.05, 4.69) is 25.4 Å². The highest BCUT2D eigenvalue weighted by molar-refractivity contribution is 7.71. The maximum Gasteiger partial charge on any atom is 0.175 e. The number of aromatic amines is 4. The van der Waals surface area contributed by atoms with E-state index < -0.39 is 0 Å². The number of benzene rings is 2. The third-order valence-corrected chi connectivity index (χ3v) is 3.90. The summed E-state index contributed by atoms with van der Waals surface area (Å²) >= 11 is 10.1. The number of hydrazine groups is 1. The van der Waals surface area contributed by atoms with E-state index in [4.69, 9.17) is 24.4 Å². The van der Waals surface area contributed by atoms with Crippen molar-refractivity contribution in [1.29, 1.82) is 0 Å². The normalized spacial score (nSPS) is 11.2. The van der Waals surface area contributed by atoms with Gasteiger partial charge in [0.15, 0.2) is 9.54 Å². The van der Waals surface area contributed by atoms with Crippen LogP contribution in [-0.4, -0.2) is 25.1 Å². The topological polar surface area (TPSA) is 98.7 Å². The predicted molar refractivity (Wildman–Crippen MR) is 94.9 cm³/mol. The maximum absolute atomic E-state index is 10.3. The van der Waals surface area contributed by atoms with Crippen molar-refractivity contribution >= 4 is 57.9 Å². The number of nitrogens with one attached hydrogen (secondary N) is 5. The van der Waals surface area contributed by atoms with Crippen LogP contribution in [-0.2, 0) is 0 Å². The Morgan fingerprint density at radius 1 is 0.783 bits per heavy atom. The summed E-state index contributed by atoms with van der Waals surface area (Å²) in [6.07, 6.45) is 0. The second-order valence-corrected chi connectivity index (χ2v) is 5.89. The molecule has 0 radical (unpaired) electrons. The Hall–Kier alpha value is -2.62. The molecule has 0 saturated carbocycles. The van der Waals surface area contributed by atoms with Crippen LogP contribution in [0, 0.1) is 9.54 Å². The highest BCUT2D eigenvalue weighted by Crippen LogP contribution is 2.21. The van der Waals surface area contributed by atoms with Crippen molar-refractivity contribution in [1.82, 2.24) is 19.9 Å². The van der Waals surface area contributed by atoms with Crippen LogP contribution in [0.25, 0.3) is 22.1 Å². The van der Waals surface area contributed by atoms with E-state index in [-0.39, 0.29) is 0 Å². The average Bonchev–Trinajstić information content (AvgIpc) is 3.06. The standard InChI is InChI=1S/C14H12N6OS2/c21-20(8-2-4-10-12(6-8)18-14(23)16-10)19-7-1-3-9-11(5-7)17-13(22)15-9/h1-6,19,21H,(H2,15,17,22)(H2,16,18,23). The van der Waals surface area contributed by atoms with Crippen molar-refractivity contribution in [3.05, 3.63) is 45.9 Å². The molecule has 116 valence electrons. The molecule has 0 amide bonds. The zero-order valence-electron chi connectivity index (χ0n) is 11.7. The minimum absolute atomic E-state index is 0.544. The Labute approximate surface area is 139 Å². The molecule has 0 bridgehead atoms. The molecule has 2 heterocycles. The quantitative estimate of drug-likeness (QED) is 0.249. The number of hydrogen-bond donors (Lipinski definition) is 6. The van der Waals surface area contributed by atoms with Crippen molar-refractivity contribution in [3.63, 3.8) is 0 Å². The second kappa shape index (κ2) is 5.23. The first-order valence-corrected chi connectivity index (χ1v) is 7.60. The van der Waals surface area contributed by atoms with Gasteiger partial charge < -0.3 is 19.9 Å². The lowest BCUT2D eigenvalue weighted by molar-refractivity contribution is 0.277. The first-order chi connectivity index (χ1) is 11.1. The molecule has 0 unspecified atom stereocenters. The Balaban J connectivity index is 1.64. The van der Waals surface area contributed by atoms with Gasteiger partial charge in [-0.3, -0.25) is 10.6 Å². The summed E-state index contributed by atoms with van der Waals surface area (Å²) < 4.78 is 1.11. The van der Waals surface area contributed by atoms with Gasteiger partial charge in [0, 0.05) is 0 Å². The fourth-order valence-electron chi connectivity index (χ4n) is 2.44. The number of rotatable bonds is 3. The van der Waals surface area contributed by atoms with Crippen LogP contribution >= 0.6 is 24.4 Å². The zero-order valence-corrected chi connectivity index (χ0v) is 13.3. The third kappa shape index (κ3) is 2.61. The molecule has 23 heavy (non-hydrogen) atoms. The van der Waals surface area contributed by atoms with Crippen LogP contribution in [0.1, 0.15) is 0 Å². The molecule has 7 nitrogen and oxygen atoms in total. The fraction of sp³-hybridized carbons (Fsp3) is 0. The summed E-state index contributed by atoms with van der Waals surface area (Å²) in [4.78, 5) is 12.1. The van der Waals surface area contributed by atoms with E-state index in [0.29, 0.717) is 20.9 Å². The van der Waals surface area contributed by atoms with Crippen LogP contribution < -0.4 is 10.6 Å². The van der Waals surface area contributed by atoms with Gasteiger partial charge in [-0.05, 0) is 60.8 Å². The van der Waals surface area contributed by atoms with Crippen molar-refractivity contribution < 1.29 is 5.21 Å². The number of nitrogens with zero attached hydrogens (tertiary/aromatic N) is 1. The van der Waals surface area contributed by atoms with Gasteiger partial charge in [0.05, 0.1) is 33.4 Å². The van der Waals surface area contributed by atoms with Gasteiger partial charge in [-0.15, -0.1) is 0 Å². The molecule has 0 fully saturated rings. The monoisotopic (exact) mass is 344 g/mol. The smallest absolute Gasteiger partial charge is 0.175 e. The Kier molecular flexibility index (Phi) is 3.18. The number of aromatic nitrogens is 4. The van der Waals surface area contributed by atoms with Crippen LogP contribution in [0.3, 0.4) is 0 Å². The largest absolute Gasteiger partial charge is 0.331 e. The molecule has 2 aromatic heterocycles. The SMILES string of the molecule is ON(Nc1ccc2[nH]c(=S)[nH]c2c1)c1ccc2[nH]c(=S)[nH]c2c1. The lowest BCUT2D eigenvalue weighted by Gasteiger charge is -2.19. The zero-order chi connectivity index (χ0) is 16.0. The number of hydrogen-bond acceptors (Lipinski definition) is 5. The molecule has 0 aliphatic carbocycles. The molecule has 4 aromatic rings. The van der Waals surface area contributed by atoms with E-state index in [1.807, 2.05) is 24.3 Å². The first-order valence-electron chi connectivity index (χ1n) is 6.78. The summed E-state index contributed by atoms with van der Waals surface area (Å²) in [7, 11) is 0. The highest BCUT2D eigenvalue weighted by atomic mass is 32.1. The average molecular weight is 344 g/mol. The fourth-order valence-corrected chi connectivity index (χ4v) is 2.88. The number of fused-ring (bicyclic) bond motifs is 2. The summed E-state index contributed by atoms with van der Waals surface area (Å²) in [6, 6.07) is 11.0.